The van der Waals surface area contributed by atoms with Crippen molar-refractivity contribution in [2.45, 2.75) is 51.1 Å². The first-order chi connectivity index (χ1) is 8.43. The Morgan fingerprint density at radius 1 is 1.44 bits per heavy atom. The molecule has 6 heteroatoms. The Bertz CT molecular complexity index is 320. The summed E-state index contributed by atoms with van der Waals surface area (Å²) in [5.41, 5.74) is 0. The van der Waals surface area contributed by atoms with E-state index in [9.17, 15) is 9.59 Å². The van der Waals surface area contributed by atoms with Crippen LogP contribution in [-0.4, -0.2) is 57.2 Å². The fourth-order valence-electron chi connectivity index (χ4n) is 2.30. The van der Waals surface area contributed by atoms with E-state index in [1.165, 1.54) is 16.7 Å². The van der Waals surface area contributed by atoms with Gasteiger partial charge in [0.05, 0.1) is 5.37 Å². The standard InChI is InChI=1S/C12H22N2O3S/c1-5-9(6-2)13(4)12(17)14-8(3)18-7-10(14)11(15)16/h8-10H,5-7H2,1-4H3,(H,15,16). The molecule has 1 aliphatic rings. The summed E-state index contributed by atoms with van der Waals surface area (Å²) in [6.45, 7) is 5.95. The Morgan fingerprint density at radius 2 is 2.00 bits per heavy atom. The van der Waals surface area contributed by atoms with E-state index in [1.54, 1.807) is 11.9 Å². The molecule has 1 aliphatic heterocycles. The van der Waals surface area contributed by atoms with Crippen LogP contribution in [0.25, 0.3) is 0 Å². The lowest BCUT2D eigenvalue weighted by Crippen LogP contribution is -2.52. The van der Waals surface area contributed by atoms with Crippen LogP contribution in [-0.2, 0) is 4.79 Å². The van der Waals surface area contributed by atoms with Crippen molar-refractivity contribution in [2.75, 3.05) is 12.8 Å². The van der Waals surface area contributed by atoms with Crippen LogP contribution in [0.4, 0.5) is 4.79 Å². The number of nitrogens with zero attached hydrogens (tertiary/aromatic N) is 2. The first-order valence-corrected chi connectivity index (χ1v) is 7.38. The van der Waals surface area contributed by atoms with Crippen molar-refractivity contribution in [3.63, 3.8) is 0 Å². The number of amides is 2. The van der Waals surface area contributed by atoms with E-state index in [4.69, 9.17) is 5.11 Å². The molecule has 5 nitrogen and oxygen atoms in total. The molecule has 1 fully saturated rings. The van der Waals surface area contributed by atoms with Gasteiger partial charge in [-0.05, 0) is 19.8 Å². The Kier molecular flexibility index (Phi) is 5.31. The Balaban J connectivity index is 2.83. The van der Waals surface area contributed by atoms with Gasteiger partial charge < -0.3 is 10.0 Å². The van der Waals surface area contributed by atoms with Crippen molar-refractivity contribution in [1.82, 2.24) is 9.80 Å². The summed E-state index contributed by atoms with van der Waals surface area (Å²) in [6, 6.07) is -0.701. The van der Waals surface area contributed by atoms with Crippen molar-refractivity contribution >= 4 is 23.8 Å². The fraction of sp³-hybridized carbons (Fsp3) is 0.833. The summed E-state index contributed by atoms with van der Waals surface area (Å²) < 4.78 is 0. The second-order valence-electron chi connectivity index (χ2n) is 4.56. The number of rotatable bonds is 4. The predicted octanol–water partition coefficient (Wildman–Crippen LogP) is 2.07. The second-order valence-corrected chi connectivity index (χ2v) is 5.91. The minimum atomic E-state index is -0.918. The molecule has 0 spiro atoms. The molecule has 0 saturated carbocycles. The Morgan fingerprint density at radius 3 is 2.44 bits per heavy atom. The molecule has 0 bridgehead atoms. The van der Waals surface area contributed by atoms with E-state index in [0.717, 1.165) is 12.8 Å². The number of carboxylic acid groups (broad SMARTS) is 1. The molecule has 0 aliphatic carbocycles. The highest BCUT2D eigenvalue weighted by Gasteiger charge is 2.41. The van der Waals surface area contributed by atoms with Gasteiger partial charge in [-0.1, -0.05) is 13.8 Å². The van der Waals surface area contributed by atoms with Gasteiger partial charge in [0.2, 0.25) is 0 Å². The fourth-order valence-corrected chi connectivity index (χ4v) is 3.46. The van der Waals surface area contributed by atoms with Gasteiger partial charge >= 0.3 is 12.0 Å². The molecule has 1 N–H and O–H groups in total. The van der Waals surface area contributed by atoms with Crippen LogP contribution in [0.5, 0.6) is 0 Å². The molecule has 2 atom stereocenters. The van der Waals surface area contributed by atoms with Crippen LogP contribution in [0.15, 0.2) is 0 Å². The smallest absolute Gasteiger partial charge is 0.327 e. The summed E-state index contributed by atoms with van der Waals surface area (Å²) >= 11 is 1.51. The topological polar surface area (TPSA) is 60.9 Å². The van der Waals surface area contributed by atoms with Crippen LogP contribution < -0.4 is 0 Å². The number of thioether (sulfide) groups is 1. The zero-order valence-corrected chi connectivity index (χ0v) is 12.2. The number of carboxylic acids is 1. The van der Waals surface area contributed by atoms with Crippen LogP contribution >= 0.6 is 11.8 Å². The summed E-state index contributed by atoms with van der Waals surface area (Å²) in [6.07, 6.45) is 1.76. The molecule has 2 amide bonds. The number of aliphatic carboxylic acids is 1. The van der Waals surface area contributed by atoms with E-state index < -0.39 is 12.0 Å². The molecule has 2 unspecified atom stereocenters. The van der Waals surface area contributed by atoms with Crippen molar-refractivity contribution in [1.29, 1.82) is 0 Å². The maximum absolute atomic E-state index is 12.4. The molecule has 104 valence electrons. The average molecular weight is 274 g/mol. The Hall–Kier alpha value is -0.910. The Labute approximate surface area is 113 Å². The van der Waals surface area contributed by atoms with E-state index in [2.05, 4.69) is 0 Å². The van der Waals surface area contributed by atoms with Gasteiger partial charge in [-0.2, -0.15) is 0 Å². The third-order valence-corrected chi connectivity index (χ3v) is 4.74. The zero-order valence-electron chi connectivity index (χ0n) is 11.4. The maximum Gasteiger partial charge on any atom is 0.327 e. The number of urea groups is 1. The van der Waals surface area contributed by atoms with Gasteiger partial charge in [0.15, 0.2) is 0 Å². The van der Waals surface area contributed by atoms with Crippen LogP contribution in [0.2, 0.25) is 0 Å². The summed E-state index contributed by atoms with van der Waals surface area (Å²) in [5, 5.41) is 9.09. The minimum Gasteiger partial charge on any atom is -0.480 e. The van der Waals surface area contributed by atoms with Crippen molar-refractivity contribution in [3.05, 3.63) is 0 Å². The molecule has 1 heterocycles. The molecule has 0 aromatic carbocycles. The largest absolute Gasteiger partial charge is 0.480 e. The SMILES string of the molecule is CCC(CC)N(C)C(=O)N1C(C)SCC1C(=O)O. The van der Waals surface area contributed by atoms with Gasteiger partial charge in [0, 0.05) is 18.8 Å². The molecule has 0 aromatic rings. The molecule has 0 radical (unpaired) electrons. The van der Waals surface area contributed by atoms with Crippen molar-refractivity contribution < 1.29 is 14.7 Å². The van der Waals surface area contributed by atoms with Gasteiger partial charge in [-0.25, -0.2) is 9.59 Å². The minimum absolute atomic E-state index is 0.0737. The molecular weight excluding hydrogens is 252 g/mol. The summed E-state index contributed by atoms with van der Waals surface area (Å²) in [5.74, 6) is -0.447. The summed E-state index contributed by atoms with van der Waals surface area (Å²) in [7, 11) is 1.76. The molecule has 1 rings (SSSR count). The summed E-state index contributed by atoms with van der Waals surface area (Å²) in [4.78, 5) is 26.7. The third kappa shape index (κ3) is 2.91. The predicted molar refractivity (Wildman–Crippen MR) is 72.7 cm³/mol. The van der Waals surface area contributed by atoms with Gasteiger partial charge in [0.25, 0.3) is 0 Å². The lowest BCUT2D eigenvalue weighted by Gasteiger charge is -2.34. The van der Waals surface area contributed by atoms with Crippen molar-refractivity contribution in [2.24, 2.45) is 0 Å². The highest BCUT2D eigenvalue weighted by atomic mass is 32.2. The second kappa shape index (κ2) is 6.31. The van der Waals surface area contributed by atoms with E-state index in [-0.39, 0.29) is 17.4 Å². The lowest BCUT2D eigenvalue weighted by atomic mass is 10.1. The first kappa shape index (κ1) is 15.1. The number of carbonyl (C=O) groups excluding carboxylic acids is 1. The average Bonchev–Trinajstić information content (AvgIpc) is 2.71. The van der Waals surface area contributed by atoms with Crippen LogP contribution in [0.1, 0.15) is 33.6 Å². The van der Waals surface area contributed by atoms with Gasteiger partial charge in [0.1, 0.15) is 6.04 Å². The maximum atomic E-state index is 12.4. The number of hydrogen-bond acceptors (Lipinski definition) is 3. The van der Waals surface area contributed by atoms with Gasteiger partial charge in [-0.15, -0.1) is 11.8 Å². The lowest BCUT2D eigenvalue weighted by molar-refractivity contribution is -0.141. The molecule has 0 aromatic heterocycles. The monoisotopic (exact) mass is 274 g/mol. The highest BCUT2D eigenvalue weighted by Crippen LogP contribution is 2.30. The normalized spacial score (nSPS) is 23.5. The number of carbonyl (C=O) groups is 2. The zero-order chi connectivity index (χ0) is 13.9. The van der Waals surface area contributed by atoms with E-state index in [1.807, 2.05) is 20.8 Å². The van der Waals surface area contributed by atoms with Crippen LogP contribution in [0, 0.1) is 0 Å². The quantitative estimate of drug-likeness (QED) is 0.852. The third-order valence-electron chi connectivity index (χ3n) is 3.52. The van der Waals surface area contributed by atoms with Crippen LogP contribution in [0.3, 0.4) is 0 Å². The van der Waals surface area contributed by atoms with E-state index >= 15 is 0 Å². The van der Waals surface area contributed by atoms with Gasteiger partial charge in [-0.3, -0.25) is 4.90 Å². The molecule has 1 saturated heterocycles. The molecular formula is C12H22N2O3S. The molecule has 18 heavy (non-hydrogen) atoms. The first-order valence-electron chi connectivity index (χ1n) is 6.33. The van der Waals surface area contributed by atoms with E-state index in [0.29, 0.717) is 5.75 Å². The number of hydrogen-bond donors (Lipinski definition) is 1. The highest BCUT2D eigenvalue weighted by molar-refractivity contribution is 8.00. The van der Waals surface area contributed by atoms with Crippen molar-refractivity contribution in [3.8, 4) is 0 Å².